The number of hydrogen-bond acceptors (Lipinski definition) is 4. The summed E-state index contributed by atoms with van der Waals surface area (Å²) in [5.74, 6) is 0.591. The van der Waals surface area contributed by atoms with E-state index < -0.39 is 5.82 Å². The lowest BCUT2D eigenvalue weighted by Crippen LogP contribution is -1.98. The number of methoxy groups -OCH3 is 1. The van der Waals surface area contributed by atoms with E-state index in [1.54, 1.807) is 19.2 Å². The van der Waals surface area contributed by atoms with Crippen LogP contribution in [0.5, 0.6) is 5.75 Å². The van der Waals surface area contributed by atoms with Crippen LogP contribution in [-0.2, 0) is 0 Å². The lowest BCUT2D eigenvalue weighted by molar-refractivity contribution is 0.416. The average Bonchev–Trinajstić information content (AvgIpc) is 2.95. The molecule has 0 spiro atoms. The standard InChI is InChI=1S/C16H12ClFN4OS/c1-23-14-8-3-2-5-10(14)15-20-21-16(24)22(15)19-9-11-12(17)6-4-7-13(11)18/h2-9H,1H3,(H,21,24). The van der Waals surface area contributed by atoms with Gasteiger partial charge in [-0.05, 0) is 36.5 Å². The van der Waals surface area contributed by atoms with Crippen LogP contribution in [0.15, 0.2) is 47.6 Å². The van der Waals surface area contributed by atoms with Crippen molar-refractivity contribution in [1.82, 2.24) is 14.9 Å². The number of H-pyrrole nitrogens is 1. The molecule has 0 fully saturated rings. The van der Waals surface area contributed by atoms with Crippen LogP contribution in [0.3, 0.4) is 0 Å². The van der Waals surface area contributed by atoms with E-state index in [0.717, 1.165) is 0 Å². The number of nitrogens with zero attached hydrogens (tertiary/aromatic N) is 3. The highest BCUT2D eigenvalue weighted by molar-refractivity contribution is 7.71. The van der Waals surface area contributed by atoms with Crippen molar-refractivity contribution >= 4 is 30.0 Å². The molecule has 1 heterocycles. The number of benzene rings is 2. The first-order valence-electron chi connectivity index (χ1n) is 6.91. The third kappa shape index (κ3) is 3.08. The Labute approximate surface area is 147 Å². The SMILES string of the molecule is COc1ccccc1-c1n[nH]c(=S)n1N=Cc1c(F)cccc1Cl. The summed E-state index contributed by atoms with van der Waals surface area (Å²) in [5, 5.41) is 11.3. The minimum Gasteiger partial charge on any atom is -0.496 e. The van der Waals surface area contributed by atoms with Crippen molar-refractivity contribution in [3.8, 4) is 17.1 Å². The summed E-state index contributed by atoms with van der Waals surface area (Å²) < 4.78 is 20.8. The Kier molecular flexibility index (Phi) is 4.73. The van der Waals surface area contributed by atoms with Crippen LogP contribution in [0.4, 0.5) is 4.39 Å². The van der Waals surface area contributed by atoms with E-state index in [0.29, 0.717) is 17.1 Å². The zero-order valence-electron chi connectivity index (χ0n) is 12.5. The van der Waals surface area contributed by atoms with Gasteiger partial charge in [0.25, 0.3) is 0 Å². The number of hydrogen-bond donors (Lipinski definition) is 1. The molecule has 24 heavy (non-hydrogen) atoms. The molecule has 0 saturated heterocycles. The highest BCUT2D eigenvalue weighted by Crippen LogP contribution is 2.28. The third-order valence-electron chi connectivity index (χ3n) is 3.30. The topological polar surface area (TPSA) is 55.2 Å². The molecule has 0 radical (unpaired) electrons. The fourth-order valence-corrected chi connectivity index (χ4v) is 2.54. The molecule has 0 atom stereocenters. The smallest absolute Gasteiger partial charge is 0.216 e. The van der Waals surface area contributed by atoms with E-state index in [2.05, 4.69) is 15.3 Å². The van der Waals surface area contributed by atoms with E-state index in [1.807, 2.05) is 18.2 Å². The highest BCUT2D eigenvalue weighted by Gasteiger charge is 2.13. The van der Waals surface area contributed by atoms with Gasteiger partial charge in [0.1, 0.15) is 11.6 Å². The molecule has 0 aliphatic heterocycles. The van der Waals surface area contributed by atoms with Crippen molar-refractivity contribution in [1.29, 1.82) is 0 Å². The molecule has 0 bridgehead atoms. The normalized spacial score (nSPS) is 11.1. The van der Waals surface area contributed by atoms with Gasteiger partial charge in [-0.3, -0.25) is 0 Å². The first kappa shape index (κ1) is 16.4. The summed E-state index contributed by atoms with van der Waals surface area (Å²) in [4.78, 5) is 0. The van der Waals surface area contributed by atoms with Crippen LogP contribution in [-0.4, -0.2) is 28.2 Å². The summed E-state index contributed by atoms with van der Waals surface area (Å²) in [7, 11) is 1.56. The van der Waals surface area contributed by atoms with Crippen molar-refractivity contribution in [2.24, 2.45) is 5.10 Å². The van der Waals surface area contributed by atoms with Gasteiger partial charge in [0.05, 0.1) is 23.9 Å². The van der Waals surface area contributed by atoms with Gasteiger partial charge in [-0.1, -0.05) is 29.8 Å². The molecule has 1 N–H and O–H groups in total. The minimum absolute atomic E-state index is 0.174. The zero-order valence-corrected chi connectivity index (χ0v) is 14.1. The predicted molar refractivity (Wildman–Crippen MR) is 93.8 cm³/mol. The molecule has 3 rings (SSSR count). The Morgan fingerprint density at radius 3 is 2.83 bits per heavy atom. The molecule has 2 aromatic carbocycles. The molecule has 0 saturated carbocycles. The highest BCUT2D eigenvalue weighted by atomic mass is 35.5. The number of nitrogens with one attached hydrogen (secondary N) is 1. The van der Waals surface area contributed by atoms with E-state index in [-0.39, 0.29) is 15.4 Å². The van der Waals surface area contributed by atoms with Gasteiger partial charge in [0.2, 0.25) is 4.77 Å². The quantitative estimate of drug-likeness (QED) is 0.556. The predicted octanol–water partition coefficient (Wildman–Crippen LogP) is 4.29. The summed E-state index contributed by atoms with van der Waals surface area (Å²) in [6.07, 6.45) is 1.31. The Bertz CT molecular complexity index is 946. The molecule has 0 amide bonds. The van der Waals surface area contributed by atoms with Crippen LogP contribution in [0.25, 0.3) is 11.4 Å². The molecular formula is C16H12ClFN4OS. The second-order valence-corrected chi connectivity index (χ2v) is 5.54. The van der Waals surface area contributed by atoms with Crippen molar-refractivity contribution in [2.45, 2.75) is 0 Å². The lowest BCUT2D eigenvalue weighted by Gasteiger charge is -2.07. The molecule has 5 nitrogen and oxygen atoms in total. The van der Waals surface area contributed by atoms with Crippen LogP contribution >= 0.6 is 23.8 Å². The van der Waals surface area contributed by atoms with Crippen LogP contribution in [0.1, 0.15) is 5.56 Å². The van der Waals surface area contributed by atoms with Gasteiger partial charge in [0, 0.05) is 5.56 Å². The number of halogens is 2. The summed E-state index contributed by atoms with van der Waals surface area (Å²) in [6.45, 7) is 0. The molecule has 122 valence electrons. The van der Waals surface area contributed by atoms with Crippen molar-refractivity contribution in [2.75, 3.05) is 7.11 Å². The summed E-state index contributed by atoms with van der Waals surface area (Å²) in [6, 6.07) is 11.7. The first-order valence-corrected chi connectivity index (χ1v) is 7.69. The molecule has 1 aromatic heterocycles. The van der Waals surface area contributed by atoms with E-state index >= 15 is 0 Å². The van der Waals surface area contributed by atoms with Crippen molar-refractivity contribution < 1.29 is 9.13 Å². The van der Waals surface area contributed by atoms with Crippen LogP contribution in [0.2, 0.25) is 5.02 Å². The Morgan fingerprint density at radius 2 is 2.08 bits per heavy atom. The van der Waals surface area contributed by atoms with Crippen molar-refractivity contribution in [3.63, 3.8) is 0 Å². The summed E-state index contributed by atoms with van der Waals surface area (Å²) in [5.41, 5.74) is 0.873. The van der Waals surface area contributed by atoms with E-state index in [9.17, 15) is 4.39 Å². The Hall–Kier alpha value is -2.51. The number of para-hydroxylation sites is 1. The lowest BCUT2D eigenvalue weighted by atomic mass is 10.2. The summed E-state index contributed by atoms with van der Waals surface area (Å²) >= 11 is 11.2. The van der Waals surface area contributed by atoms with Gasteiger partial charge < -0.3 is 4.74 Å². The third-order valence-corrected chi connectivity index (χ3v) is 3.89. The molecular weight excluding hydrogens is 351 g/mol. The van der Waals surface area contributed by atoms with Gasteiger partial charge in [0.15, 0.2) is 5.82 Å². The van der Waals surface area contributed by atoms with Gasteiger partial charge in [-0.2, -0.15) is 14.9 Å². The molecule has 8 heteroatoms. The number of ether oxygens (including phenoxy) is 1. The van der Waals surface area contributed by atoms with Crippen molar-refractivity contribution in [3.05, 3.63) is 63.6 Å². The van der Waals surface area contributed by atoms with Crippen LogP contribution in [0, 0.1) is 10.6 Å². The zero-order chi connectivity index (χ0) is 17.1. The van der Waals surface area contributed by atoms with Gasteiger partial charge in [-0.25, -0.2) is 9.49 Å². The second-order valence-electron chi connectivity index (χ2n) is 4.74. The maximum atomic E-state index is 13.9. The fourth-order valence-electron chi connectivity index (χ4n) is 2.15. The fraction of sp³-hybridized carbons (Fsp3) is 0.0625. The Balaban J connectivity index is 2.09. The Morgan fingerprint density at radius 1 is 1.29 bits per heavy atom. The van der Waals surface area contributed by atoms with E-state index in [4.69, 9.17) is 28.6 Å². The minimum atomic E-state index is -0.472. The van der Waals surface area contributed by atoms with Gasteiger partial charge in [-0.15, -0.1) is 0 Å². The molecule has 0 aliphatic rings. The van der Waals surface area contributed by atoms with Crippen LogP contribution < -0.4 is 4.74 Å². The first-order chi connectivity index (χ1) is 11.6. The number of aromatic amines is 1. The molecule has 0 unspecified atom stereocenters. The maximum Gasteiger partial charge on any atom is 0.216 e. The number of aromatic nitrogens is 3. The largest absolute Gasteiger partial charge is 0.496 e. The maximum absolute atomic E-state index is 13.9. The molecule has 3 aromatic rings. The monoisotopic (exact) mass is 362 g/mol. The average molecular weight is 363 g/mol. The van der Waals surface area contributed by atoms with E-state index in [1.165, 1.54) is 23.0 Å². The second kappa shape index (κ2) is 6.94. The molecule has 0 aliphatic carbocycles. The van der Waals surface area contributed by atoms with Gasteiger partial charge >= 0.3 is 0 Å². The number of rotatable bonds is 4.